The zero-order valence-corrected chi connectivity index (χ0v) is 11.2. The van der Waals surface area contributed by atoms with Gasteiger partial charge in [0.1, 0.15) is 5.75 Å². The van der Waals surface area contributed by atoms with E-state index >= 15 is 0 Å². The minimum Gasteiger partial charge on any atom is -0.496 e. The van der Waals surface area contributed by atoms with Crippen LogP contribution in [-0.4, -0.2) is 13.7 Å². The van der Waals surface area contributed by atoms with Crippen molar-refractivity contribution in [3.05, 3.63) is 29.3 Å². The zero-order valence-electron chi connectivity index (χ0n) is 11.2. The lowest BCUT2D eigenvalue weighted by Gasteiger charge is -2.24. The lowest BCUT2D eigenvalue weighted by molar-refractivity contribution is 0.0949. The first-order chi connectivity index (χ1) is 8.83. The second kappa shape index (κ2) is 6.76. The van der Waals surface area contributed by atoms with E-state index in [1.54, 1.807) is 7.11 Å². The van der Waals surface area contributed by atoms with Crippen LogP contribution in [0.15, 0.2) is 18.2 Å². The molecule has 2 rings (SSSR count). The predicted octanol–water partition coefficient (Wildman–Crippen LogP) is 2.86. The third-order valence-corrected chi connectivity index (χ3v) is 3.73. The van der Waals surface area contributed by atoms with E-state index in [9.17, 15) is 0 Å². The van der Waals surface area contributed by atoms with Crippen molar-refractivity contribution < 1.29 is 9.47 Å². The van der Waals surface area contributed by atoms with Gasteiger partial charge in [-0.05, 0) is 30.0 Å². The SMILES string of the molecule is COc1ccc(COCCC2CCC2)cc1CN. The lowest BCUT2D eigenvalue weighted by Crippen LogP contribution is -2.13. The van der Waals surface area contributed by atoms with Crippen LogP contribution in [0.3, 0.4) is 0 Å². The van der Waals surface area contributed by atoms with Crippen molar-refractivity contribution in [2.75, 3.05) is 13.7 Å². The maximum atomic E-state index is 5.72. The third-order valence-electron chi connectivity index (χ3n) is 3.73. The molecule has 1 aliphatic rings. The molecule has 1 saturated carbocycles. The second-order valence-electron chi connectivity index (χ2n) is 4.99. The minimum absolute atomic E-state index is 0.499. The van der Waals surface area contributed by atoms with Crippen molar-refractivity contribution in [1.29, 1.82) is 0 Å². The Kier molecular flexibility index (Phi) is 5.02. The lowest BCUT2D eigenvalue weighted by atomic mass is 9.83. The van der Waals surface area contributed by atoms with Gasteiger partial charge >= 0.3 is 0 Å². The monoisotopic (exact) mass is 249 g/mol. The molecule has 0 aliphatic heterocycles. The highest BCUT2D eigenvalue weighted by Crippen LogP contribution is 2.29. The molecular weight excluding hydrogens is 226 g/mol. The van der Waals surface area contributed by atoms with Gasteiger partial charge in [-0.2, -0.15) is 0 Å². The number of ether oxygens (including phenoxy) is 2. The number of nitrogens with two attached hydrogens (primary N) is 1. The number of hydrogen-bond donors (Lipinski definition) is 1. The molecule has 0 heterocycles. The van der Waals surface area contributed by atoms with Gasteiger partial charge in [0.2, 0.25) is 0 Å². The summed E-state index contributed by atoms with van der Waals surface area (Å²) in [7, 11) is 1.67. The molecule has 1 aromatic rings. The molecule has 1 fully saturated rings. The molecule has 1 aliphatic carbocycles. The Bertz CT molecular complexity index is 375. The number of benzene rings is 1. The fourth-order valence-corrected chi connectivity index (χ4v) is 2.30. The number of rotatable bonds is 7. The number of methoxy groups -OCH3 is 1. The van der Waals surface area contributed by atoms with E-state index in [2.05, 4.69) is 6.07 Å². The Morgan fingerprint density at radius 1 is 1.33 bits per heavy atom. The molecule has 0 saturated heterocycles. The van der Waals surface area contributed by atoms with E-state index in [4.69, 9.17) is 15.2 Å². The molecule has 0 unspecified atom stereocenters. The van der Waals surface area contributed by atoms with E-state index < -0.39 is 0 Å². The van der Waals surface area contributed by atoms with Crippen LogP contribution in [0.5, 0.6) is 5.75 Å². The summed E-state index contributed by atoms with van der Waals surface area (Å²) >= 11 is 0. The molecule has 0 aromatic heterocycles. The topological polar surface area (TPSA) is 44.5 Å². The van der Waals surface area contributed by atoms with Crippen LogP contribution in [0.1, 0.15) is 36.8 Å². The van der Waals surface area contributed by atoms with Crippen LogP contribution in [0.25, 0.3) is 0 Å². The summed E-state index contributed by atoms with van der Waals surface area (Å²) in [6.07, 6.45) is 5.40. The van der Waals surface area contributed by atoms with Crippen LogP contribution in [-0.2, 0) is 17.9 Å². The molecule has 1 aromatic carbocycles. The summed E-state index contributed by atoms with van der Waals surface area (Å²) in [5.74, 6) is 1.77. The van der Waals surface area contributed by atoms with Crippen LogP contribution in [0.4, 0.5) is 0 Å². The van der Waals surface area contributed by atoms with Crippen LogP contribution >= 0.6 is 0 Å². The van der Waals surface area contributed by atoms with E-state index in [1.165, 1.54) is 31.2 Å². The maximum Gasteiger partial charge on any atom is 0.123 e. The third kappa shape index (κ3) is 3.47. The van der Waals surface area contributed by atoms with Crippen molar-refractivity contribution in [2.24, 2.45) is 11.7 Å². The maximum absolute atomic E-state index is 5.72. The molecule has 0 radical (unpaired) electrons. The average molecular weight is 249 g/mol. The fraction of sp³-hybridized carbons (Fsp3) is 0.600. The van der Waals surface area contributed by atoms with Crippen molar-refractivity contribution in [1.82, 2.24) is 0 Å². The summed E-state index contributed by atoms with van der Waals surface area (Å²) in [5.41, 5.74) is 7.91. The van der Waals surface area contributed by atoms with Gasteiger partial charge in [0, 0.05) is 18.7 Å². The molecule has 3 heteroatoms. The van der Waals surface area contributed by atoms with Gasteiger partial charge in [-0.3, -0.25) is 0 Å². The molecule has 2 N–H and O–H groups in total. The van der Waals surface area contributed by atoms with Gasteiger partial charge in [0.15, 0.2) is 0 Å². The Hall–Kier alpha value is -1.06. The van der Waals surface area contributed by atoms with Gasteiger partial charge in [-0.25, -0.2) is 0 Å². The molecule has 100 valence electrons. The molecule has 0 bridgehead atoms. The van der Waals surface area contributed by atoms with Gasteiger partial charge in [0.05, 0.1) is 13.7 Å². The average Bonchev–Trinajstić information content (AvgIpc) is 2.36. The smallest absolute Gasteiger partial charge is 0.123 e. The van der Waals surface area contributed by atoms with Crippen molar-refractivity contribution >= 4 is 0 Å². The molecule has 0 atom stereocenters. The van der Waals surface area contributed by atoms with E-state index in [1.807, 2.05) is 12.1 Å². The van der Waals surface area contributed by atoms with Crippen LogP contribution in [0, 0.1) is 5.92 Å². The Labute approximate surface area is 109 Å². The van der Waals surface area contributed by atoms with E-state index in [0.717, 1.165) is 23.8 Å². The summed E-state index contributed by atoms with van der Waals surface area (Å²) in [6, 6.07) is 6.08. The van der Waals surface area contributed by atoms with Gasteiger partial charge in [0.25, 0.3) is 0 Å². The summed E-state index contributed by atoms with van der Waals surface area (Å²) < 4.78 is 11.0. The van der Waals surface area contributed by atoms with Gasteiger partial charge in [-0.15, -0.1) is 0 Å². The predicted molar refractivity (Wildman–Crippen MR) is 72.5 cm³/mol. The van der Waals surface area contributed by atoms with E-state index in [0.29, 0.717) is 13.2 Å². The van der Waals surface area contributed by atoms with Crippen molar-refractivity contribution in [3.63, 3.8) is 0 Å². The molecule has 18 heavy (non-hydrogen) atoms. The van der Waals surface area contributed by atoms with Crippen molar-refractivity contribution in [2.45, 2.75) is 38.8 Å². The standard InChI is InChI=1S/C15H23NO2/c1-17-15-6-5-13(9-14(15)10-16)11-18-8-7-12-3-2-4-12/h5-6,9,12H,2-4,7-8,10-11,16H2,1H3. The Morgan fingerprint density at radius 2 is 2.17 bits per heavy atom. The zero-order chi connectivity index (χ0) is 12.8. The Balaban J connectivity index is 1.77. The first-order valence-corrected chi connectivity index (χ1v) is 6.77. The largest absolute Gasteiger partial charge is 0.496 e. The highest BCUT2D eigenvalue weighted by molar-refractivity contribution is 5.36. The first-order valence-electron chi connectivity index (χ1n) is 6.77. The van der Waals surface area contributed by atoms with Gasteiger partial charge < -0.3 is 15.2 Å². The molecule has 0 amide bonds. The first kappa shape index (κ1) is 13.4. The highest BCUT2D eigenvalue weighted by atomic mass is 16.5. The molecule has 0 spiro atoms. The minimum atomic E-state index is 0.499. The normalized spacial score (nSPS) is 15.4. The van der Waals surface area contributed by atoms with Gasteiger partial charge in [-0.1, -0.05) is 25.3 Å². The quantitative estimate of drug-likeness (QED) is 0.756. The van der Waals surface area contributed by atoms with Crippen LogP contribution in [0.2, 0.25) is 0 Å². The summed E-state index contributed by atoms with van der Waals surface area (Å²) in [5, 5.41) is 0. The van der Waals surface area contributed by atoms with E-state index in [-0.39, 0.29) is 0 Å². The summed E-state index contributed by atoms with van der Waals surface area (Å²) in [4.78, 5) is 0. The second-order valence-corrected chi connectivity index (χ2v) is 4.99. The summed E-state index contributed by atoms with van der Waals surface area (Å²) in [6.45, 7) is 2.04. The molecular formula is C15H23NO2. The van der Waals surface area contributed by atoms with Crippen molar-refractivity contribution in [3.8, 4) is 5.75 Å². The Morgan fingerprint density at radius 3 is 2.78 bits per heavy atom. The highest BCUT2D eigenvalue weighted by Gasteiger charge is 2.16. The fourth-order valence-electron chi connectivity index (χ4n) is 2.30. The number of hydrogen-bond acceptors (Lipinski definition) is 3. The van der Waals surface area contributed by atoms with Crippen LogP contribution < -0.4 is 10.5 Å². The molecule has 3 nitrogen and oxygen atoms in total.